The first-order chi connectivity index (χ1) is 9.20. The average molecular weight is 326 g/mol. The number of carbonyl (C=O) groups excluding carboxylic acids is 1. The lowest BCUT2D eigenvalue weighted by Crippen LogP contribution is -2.41. The molecule has 2 aliphatic rings. The predicted molar refractivity (Wildman–Crippen MR) is 75.5 cm³/mol. The van der Waals surface area contributed by atoms with E-state index in [1.54, 1.807) is 4.90 Å². The maximum atomic E-state index is 12.7. The number of rotatable bonds is 3. The summed E-state index contributed by atoms with van der Waals surface area (Å²) in [7, 11) is 0. The second kappa shape index (κ2) is 4.89. The van der Waals surface area contributed by atoms with Gasteiger partial charge >= 0.3 is 0 Å². The van der Waals surface area contributed by atoms with Crippen molar-refractivity contribution in [1.82, 2.24) is 0 Å². The lowest BCUT2D eigenvalue weighted by atomic mass is 10.0. The highest BCUT2D eigenvalue weighted by Gasteiger charge is 2.56. The predicted octanol–water partition coefficient (Wildman–Crippen LogP) is 2.33. The van der Waals surface area contributed by atoms with Gasteiger partial charge in [-0.2, -0.15) is 0 Å². The molecule has 2 aliphatic heterocycles. The summed E-state index contributed by atoms with van der Waals surface area (Å²) in [4.78, 5) is 14.5. The van der Waals surface area contributed by atoms with Crippen LogP contribution in [0, 0.1) is 6.92 Å². The molecule has 3 rings (SSSR count). The Bertz CT molecular complexity index is 511. The fraction of sp³-hybridized carbons (Fsp3) is 0.500. The highest BCUT2D eigenvalue weighted by atomic mass is 79.9. The molecule has 1 spiro atoms. The molecule has 0 N–H and O–H groups in total. The van der Waals surface area contributed by atoms with Gasteiger partial charge in [0.2, 0.25) is 0 Å². The first kappa shape index (κ1) is 13.1. The van der Waals surface area contributed by atoms with Crippen molar-refractivity contribution in [3.8, 4) is 0 Å². The van der Waals surface area contributed by atoms with Gasteiger partial charge in [0.15, 0.2) is 0 Å². The van der Waals surface area contributed by atoms with Crippen molar-refractivity contribution in [2.45, 2.75) is 19.1 Å². The van der Waals surface area contributed by atoms with Crippen molar-refractivity contribution in [3.05, 3.63) is 29.3 Å². The van der Waals surface area contributed by atoms with Gasteiger partial charge in [-0.15, -0.1) is 0 Å². The van der Waals surface area contributed by atoms with Gasteiger partial charge in [0, 0.05) is 17.4 Å². The van der Waals surface area contributed by atoms with E-state index in [2.05, 4.69) is 15.9 Å². The van der Waals surface area contributed by atoms with Crippen LogP contribution >= 0.6 is 15.9 Å². The average Bonchev–Trinajstić information content (AvgIpc) is 2.98. The van der Waals surface area contributed by atoms with Crippen LogP contribution in [0.15, 0.2) is 18.2 Å². The zero-order valence-corrected chi connectivity index (χ0v) is 12.4. The molecule has 5 heteroatoms. The van der Waals surface area contributed by atoms with Crippen LogP contribution < -0.4 is 4.90 Å². The number of amides is 1. The highest BCUT2D eigenvalue weighted by Crippen LogP contribution is 2.47. The molecule has 0 radical (unpaired) electrons. The number of anilines is 1. The Hall–Kier alpha value is -0.910. The van der Waals surface area contributed by atoms with Gasteiger partial charge in [0.25, 0.3) is 11.7 Å². The molecule has 0 atom stereocenters. The Morgan fingerprint density at radius 1 is 1.37 bits per heavy atom. The van der Waals surface area contributed by atoms with E-state index >= 15 is 0 Å². The third-order valence-electron chi connectivity index (χ3n) is 3.60. The largest absolute Gasteiger partial charge is 0.336 e. The highest BCUT2D eigenvalue weighted by molar-refractivity contribution is 9.09. The van der Waals surface area contributed by atoms with Gasteiger partial charge in [-0.25, -0.2) is 0 Å². The number of para-hydroxylation sites is 1. The van der Waals surface area contributed by atoms with Crippen LogP contribution in [-0.4, -0.2) is 31.0 Å². The zero-order chi connectivity index (χ0) is 13.5. The Kier molecular flexibility index (Phi) is 3.37. The van der Waals surface area contributed by atoms with E-state index in [-0.39, 0.29) is 5.91 Å². The lowest BCUT2D eigenvalue weighted by molar-refractivity contribution is -0.180. The van der Waals surface area contributed by atoms with Crippen LogP contribution in [0.1, 0.15) is 17.5 Å². The summed E-state index contributed by atoms with van der Waals surface area (Å²) in [6.07, 6.45) is 0.898. The number of alkyl halides is 1. The normalized spacial score (nSPS) is 20.3. The number of halogens is 1. The maximum absolute atomic E-state index is 12.7. The number of nitrogens with zero attached hydrogens (tertiary/aromatic N) is 1. The van der Waals surface area contributed by atoms with Crippen LogP contribution in [0.4, 0.5) is 5.69 Å². The van der Waals surface area contributed by atoms with Crippen molar-refractivity contribution in [2.75, 3.05) is 30.0 Å². The van der Waals surface area contributed by atoms with Crippen molar-refractivity contribution < 1.29 is 14.3 Å². The summed E-state index contributed by atoms with van der Waals surface area (Å²) in [5, 5.41) is 0.868. The molecule has 0 aromatic heterocycles. The van der Waals surface area contributed by atoms with E-state index in [9.17, 15) is 4.79 Å². The lowest BCUT2D eigenvalue weighted by Gasteiger charge is -2.22. The zero-order valence-electron chi connectivity index (χ0n) is 10.8. The molecule has 1 aromatic carbocycles. The van der Waals surface area contributed by atoms with E-state index in [0.29, 0.717) is 19.8 Å². The number of fused-ring (bicyclic) bond motifs is 2. The smallest absolute Gasteiger partial charge is 0.292 e. The first-order valence-corrected chi connectivity index (χ1v) is 7.59. The number of hydrogen-bond donors (Lipinski definition) is 0. The number of carbonyl (C=O) groups is 1. The van der Waals surface area contributed by atoms with Gasteiger partial charge in [0.05, 0.1) is 18.9 Å². The second-order valence-electron chi connectivity index (χ2n) is 4.78. The van der Waals surface area contributed by atoms with E-state index in [4.69, 9.17) is 9.47 Å². The van der Waals surface area contributed by atoms with Crippen LogP contribution in [0.5, 0.6) is 0 Å². The van der Waals surface area contributed by atoms with Gasteiger partial charge in [-0.05, 0) is 18.9 Å². The van der Waals surface area contributed by atoms with Gasteiger partial charge < -0.3 is 14.4 Å². The molecule has 1 fully saturated rings. The van der Waals surface area contributed by atoms with Crippen molar-refractivity contribution in [1.29, 1.82) is 0 Å². The third-order valence-corrected chi connectivity index (χ3v) is 4.16. The number of benzene rings is 1. The van der Waals surface area contributed by atoms with Crippen LogP contribution in [0.2, 0.25) is 0 Å². The molecular weight excluding hydrogens is 310 g/mol. The van der Waals surface area contributed by atoms with E-state index < -0.39 is 5.79 Å². The maximum Gasteiger partial charge on any atom is 0.292 e. The molecule has 0 unspecified atom stereocenters. The SMILES string of the molecule is Cc1cccc2c1N(CCCBr)C(=O)C21OCCO1. The minimum Gasteiger partial charge on any atom is -0.336 e. The number of aryl methyl sites for hydroxylation is 1. The fourth-order valence-electron chi connectivity index (χ4n) is 2.80. The van der Waals surface area contributed by atoms with Gasteiger partial charge in [0.1, 0.15) is 0 Å². The molecule has 1 aromatic rings. The van der Waals surface area contributed by atoms with E-state index in [1.807, 2.05) is 25.1 Å². The molecule has 0 aliphatic carbocycles. The monoisotopic (exact) mass is 325 g/mol. The summed E-state index contributed by atoms with van der Waals surface area (Å²) in [6.45, 7) is 3.62. The topological polar surface area (TPSA) is 38.8 Å². The molecule has 1 amide bonds. The minimum absolute atomic E-state index is 0.0877. The second-order valence-corrected chi connectivity index (χ2v) is 5.58. The number of hydrogen-bond acceptors (Lipinski definition) is 3. The summed E-state index contributed by atoms with van der Waals surface area (Å²) >= 11 is 3.41. The van der Waals surface area contributed by atoms with Crippen molar-refractivity contribution in [3.63, 3.8) is 0 Å². The Morgan fingerprint density at radius 2 is 2.11 bits per heavy atom. The Labute approximate surface area is 120 Å². The number of ether oxygens (including phenoxy) is 2. The molecule has 19 heavy (non-hydrogen) atoms. The van der Waals surface area contributed by atoms with Crippen LogP contribution in [-0.2, 0) is 20.1 Å². The summed E-state index contributed by atoms with van der Waals surface area (Å²) in [5.74, 6) is -1.27. The van der Waals surface area contributed by atoms with Crippen molar-refractivity contribution in [2.24, 2.45) is 0 Å². The third kappa shape index (κ3) is 1.83. The molecule has 0 bridgehead atoms. The Balaban J connectivity index is 2.09. The van der Waals surface area contributed by atoms with Crippen LogP contribution in [0.3, 0.4) is 0 Å². The quantitative estimate of drug-likeness (QED) is 0.800. The Morgan fingerprint density at radius 3 is 2.79 bits per heavy atom. The minimum atomic E-state index is -1.19. The molecule has 2 heterocycles. The molecule has 4 nitrogen and oxygen atoms in total. The molecule has 102 valence electrons. The molecular formula is C14H16BrNO3. The summed E-state index contributed by atoms with van der Waals surface area (Å²) < 4.78 is 11.4. The summed E-state index contributed by atoms with van der Waals surface area (Å²) in [5.41, 5.74) is 2.89. The van der Waals surface area contributed by atoms with Gasteiger partial charge in [-0.3, -0.25) is 4.79 Å². The van der Waals surface area contributed by atoms with Crippen LogP contribution in [0.25, 0.3) is 0 Å². The fourth-order valence-corrected chi connectivity index (χ4v) is 3.05. The van der Waals surface area contributed by atoms with E-state index in [0.717, 1.165) is 28.6 Å². The first-order valence-electron chi connectivity index (χ1n) is 6.46. The molecule has 0 saturated carbocycles. The van der Waals surface area contributed by atoms with Crippen molar-refractivity contribution >= 4 is 27.5 Å². The standard InChI is InChI=1S/C14H16BrNO3/c1-10-4-2-5-11-12(10)16(7-3-6-15)13(17)14(11)18-8-9-19-14/h2,4-5H,3,6-9H2,1H3. The van der Waals surface area contributed by atoms with Gasteiger partial charge in [-0.1, -0.05) is 34.1 Å². The molecule has 1 saturated heterocycles. The summed E-state index contributed by atoms with van der Waals surface area (Å²) in [6, 6.07) is 5.89. The van der Waals surface area contributed by atoms with E-state index in [1.165, 1.54) is 0 Å².